The number of likely N-dealkylation sites (tertiary alicyclic amines) is 1. The van der Waals surface area contributed by atoms with E-state index in [0.717, 1.165) is 38.9 Å². The minimum absolute atomic E-state index is 0.148. The van der Waals surface area contributed by atoms with Gasteiger partial charge in [-0.05, 0) is 67.3 Å². The highest BCUT2D eigenvalue weighted by Gasteiger charge is 2.20. The molecule has 2 heterocycles. The second-order valence-electron chi connectivity index (χ2n) is 8.35. The summed E-state index contributed by atoms with van der Waals surface area (Å²) in [4.78, 5) is 31.2. The molecule has 176 valence electrons. The summed E-state index contributed by atoms with van der Waals surface area (Å²) < 4.78 is 0. The van der Waals surface area contributed by atoms with Gasteiger partial charge in [0.15, 0.2) is 0 Å². The number of nitrogens with one attached hydrogen (secondary N) is 4. The van der Waals surface area contributed by atoms with Crippen molar-refractivity contribution in [3.05, 3.63) is 84.7 Å². The predicted octanol–water partition coefficient (Wildman–Crippen LogP) is 4.55. The van der Waals surface area contributed by atoms with Gasteiger partial charge in [0.05, 0.1) is 0 Å². The van der Waals surface area contributed by atoms with Gasteiger partial charge in [0, 0.05) is 55.1 Å². The van der Waals surface area contributed by atoms with Crippen LogP contribution < -0.4 is 21.3 Å². The summed E-state index contributed by atoms with van der Waals surface area (Å²) in [5.74, 6) is 0. The predicted molar refractivity (Wildman–Crippen MR) is 135 cm³/mol. The van der Waals surface area contributed by atoms with Crippen LogP contribution in [0.25, 0.3) is 0 Å². The molecule has 8 heteroatoms. The number of amides is 4. The van der Waals surface area contributed by atoms with Gasteiger partial charge in [0.2, 0.25) is 0 Å². The van der Waals surface area contributed by atoms with Crippen molar-refractivity contribution in [1.82, 2.24) is 15.2 Å². The molecule has 4 rings (SSSR count). The third-order valence-corrected chi connectivity index (χ3v) is 5.80. The highest BCUT2D eigenvalue weighted by Crippen LogP contribution is 2.17. The zero-order chi connectivity index (χ0) is 23.6. The van der Waals surface area contributed by atoms with Crippen LogP contribution in [0.4, 0.5) is 26.7 Å². The number of hydrogen-bond acceptors (Lipinski definition) is 4. The Balaban J connectivity index is 1.19. The second kappa shape index (κ2) is 11.8. The molecule has 8 nitrogen and oxygen atoms in total. The molecule has 1 aliphatic rings. The summed E-state index contributed by atoms with van der Waals surface area (Å²) in [6, 6.07) is 20.0. The first-order valence-corrected chi connectivity index (χ1v) is 11.6. The molecule has 2 aromatic carbocycles. The van der Waals surface area contributed by atoms with Crippen LogP contribution in [-0.4, -0.2) is 47.6 Å². The Hall–Kier alpha value is -3.91. The van der Waals surface area contributed by atoms with Crippen molar-refractivity contribution in [3.8, 4) is 0 Å². The highest BCUT2D eigenvalue weighted by molar-refractivity contribution is 6.00. The van der Waals surface area contributed by atoms with Crippen molar-refractivity contribution in [2.45, 2.75) is 25.3 Å². The fourth-order valence-electron chi connectivity index (χ4n) is 3.98. The third kappa shape index (κ3) is 7.31. The van der Waals surface area contributed by atoms with Gasteiger partial charge in [-0.25, -0.2) is 9.59 Å². The number of carbonyl (C=O) groups excluding carboxylic acids is 2. The van der Waals surface area contributed by atoms with Crippen molar-refractivity contribution in [2.24, 2.45) is 0 Å². The lowest BCUT2D eigenvalue weighted by Gasteiger charge is -2.32. The van der Waals surface area contributed by atoms with E-state index < -0.39 is 0 Å². The number of anilines is 3. The fraction of sp³-hybridized carbons (Fsp3) is 0.269. The van der Waals surface area contributed by atoms with Crippen LogP contribution in [0.15, 0.2) is 79.1 Å². The number of hydrogen-bond donors (Lipinski definition) is 4. The molecule has 34 heavy (non-hydrogen) atoms. The average molecular weight is 459 g/mol. The van der Waals surface area contributed by atoms with Crippen LogP contribution in [0.1, 0.15) is 18.4 Å². The fourth-order valence-corrected chi connectivity index (χ4v) is 3.98. The molecule has 0 bridgehead atoms. The van der Waals surface area contributed by atoms with Gasteiger partial charge in [-0.3, -0.25) is 4.98 Å². The molecule has 0 radical (unpaired) electrons. The summed E-state index contributed by atoms with van der Waals surface area (Å²) >= 11 is 0. The van der Waals surface area contributed by atoms with Crippen LogP contribution in [0, 0.1) is 0 Å². The number of urea groups is 2. The molecule has 0 spiro atoms. The minimum atomic E-state index is -0.344. The molecule has 1 fully saturated rings. The van der Waals surface area contributed by atoms with Gasteiger partial charge in [-0.1, -0.05) is 24.3 Å². The number of para-hydroxylation sites is 1. The Morgan fingerprint density at radius 3 is 2.12 bits per heavy atom. The van der Waals surface area contributed by atoms with E-state index in [1.807, 2.05) is 42.7 Å². The van der Waals surface area contributed by atoms with E-state index in [1.54, 1.807) is 24.3 Å². The van der Waals surface area contributed by atoms with Crippen molar-refractivity contribution in [1.29, 1.82) is 0 Å². The molecule has 1 aromatic heterocycles. The molecule has 0 aliphatic carbocycles. The number of aromatic nitrogens is 1. The lowest BCUT2D eigenvalue weighted by Crippen LogP contribution is -2.46. The largest absolute Gasteiger partial charge is 0.335 e. The van der Waals surface area contributed by atoms with Gasteiger partial charge >= 0.3 is 12.1 Å². The van der Waals surface area contributed by atoms with Gasteiger partial charge in [0.1, 0.15) is 0 Å². The monoisotopic (exact) mass is 458 g/mol. The second-order valence-corrected chi connectivity index (χ2v) is 8.35. The zero-order valence-electron chi connectivity index (χ0n) is 19.0. The van der Waals surface area contributed by atoms with Crippen molar-refractivity contribution < 1.29 is 9.59 Å². The van der Waals surface area contributed by atoms with E-state index in [-0.39, 0.29) is 18.1 Å². The Labute approximate surface area is 199 Å². The van der Waals surface area contributed by atoms with E-state index in [2.05, 4.69) is 43.3 Å². The van der Waals surface area contributed by atoms with Gasteiger partial charge < -0.3 is 26.2 Å². The summed E-state index contributed by atoms with van der Waals surface area (Å²) in [6.45, 7) is 2.94. The number of nitrogens with zero attached hydrogens (tertiary/aromatic N) is 2. The standard InChI is InChI=1S/C26H30N6O2/c33-25(28-21-5-2-1-3-6-21)30-23-7-4-8-24(19-23)31-26(34)29-22-12-17-32(18-13-22)16-11-20-9-14-27-15-10-20/h1-10,14-15,19,22H,11-13,16-18H2,(H2,28,30,33)(H2,29,31,34). The molecule has 1 aliphatic heterocycles. The van der Waals surface area contributed by atoms with Crippen LogP contribution in [-0.2, 0) is 6.42 Å². The van der Waals surface area contributed by atoms with Gasteiger partial charge in [-0.15, -0.1) is 0 Å². The maximum Gasteiger partial charge on any atom is 0.323 e. The van der Waals surface area contributed by atoms with Crippen LogP contribution in [0.3, 0.4) is 0 Å². The molecule has 3 aromatic rings. The number of rotatable bonds is 7. The Kier molecular flexibility index (Phi) is 8.08. The van der Waals surface area contributed by atoms with Crippen LogP contribution in [0.2, 0.25) is 0 Å². The number of carbonyl (C=O) groups is 2. The van der Waals surface area contributed by atoms with E-state index >= 15 is 0 Å². The summed E-state index contributed by atoms with van der Waals surface area (Å²) in [6.07, 6.45) is 6.51. The maximum absolute atomic E-state index is 12.5. The first-order valence-electron chi connectivity index (χ1n) is 11.6. The lowest BCUT2D eigenvalue weighted by molar-refractivity contribution is 0.197. The Bertz CT molecular complexity index is 1070. The number of benzene rings is 2. The zero-order valence-corrected chi connectivity index (χ0v) is 19.0. The van der Waals surface area contributed by atoms with Gasteiger partial charge in [0.25, 0.3) is 0 Å². The minimum Gasteiger partial charge on any atom is -0.335 e. The van der Waals surface area contributed by atoms with E-state index in [4.69, 9.17) is 0 Å². The molecular weight excluding hydrogens is 428 g/mol. The summed E-state index contributed by atoms with van der Waals surface area (Å²) in [5, 5.41) is 11.5. The SMILES string of the molecule is O=C(Nc1ccccc1)Nc1cccc(NC(=O)NC2CCN(CCc3ccncc3)CC2)c1. The first-order chi connectivity index (χ1) is 16.6. The highest BCUT2D eigenvalue weighted by atomic mass is 16.2. The van der Waals surface area contributed by atoms with Crippen LogP contribution in [0.5, 0.6) is 0 Å². The van der Waals surface area contributed by atoms with Crippen molar-refractivity contribution in [3.63, 3.8) is 0 Å². The molecule has 0 unspecified atom stereocenters. The maximum atomic E-state index is 12.5. The Morgan fingerprint density at radius 1 is 0.794 bits per heavy atom. The molecule has 4 amide bonds. The van der Waals surface area contributed by atoms with Crippen molar-refractivity contribution in [2.75, 3.05) is 35.6 Å². The normalized spacial score (nSPS) is 14.2. The lowest BCUT2D eigenvalue weighted by atomic mass is 10.0. The number of piperidine rings is 1. The molecule has 0 atom stereocenters. The van der Waals surface area contributed by atoms with E-state index in [9.17, 15) is 9.59 Å². The molecule has 4 N–H and O–H groups in total. The van der Waals surface area contributed by atoms with Crippen molar-refractivity contribution >= 4 is 29.1 Å². The molecule has 0 saturated carbocycles. The third-order valence-electron chi connectivity index (χ3n) is 5.80. The van der Waals surface area contributed by atoms with Gasteiger partial charge in [-0.2, -0.15) is 0 Å². The Morgan fingerprint density at radius 2 is 1.41 bits per heavy atom. The summed E-state index contributed by atoms with van der Waals surface area (Å²) in [7, 11) is 0. The van der Waals surface area contributed by atoms with E-state index in [0.29, 0.717) is 17.1 Å². The topological polar surface area (TPSA) is 98.4 Å². The van der Waals surface area contributed by atoms with E-state index in [1.165, 1.54) is 5.56 Å². The first kappa shape index (κ1) is 23.3. The average Bonchev–Trinajstić information content (AvgIpc) is 2.85. The summed E-state index contributed by atoms with van der Waals surface area (Å²) in [5.41, 5.74) is 3.21. The molecule has 1 saturated heterocycles. The smallest absolute Gasteiger partial charge is 0.323 e. The quantitative estimate of drug-likeness (QED) is 0.417. The number of pyridine rings is 1. The molecular formula is C26H30N6O2. The van der Waals surface area contributed by atoms with Crippen LogP contribution >= 0.6 is 0 Å².